The molecule has 0 radical (unpaired) electrons. The van der Waals surface area contributed by atoms with Crippen molar-refractivity contribution in [2.45, 2.75) is 17.7 Å². The summed E-state index contributed by atoms with van der Waals surface area (Å²) < 4.78 is 39.2. The number of amides is 1. The van der Waals surface area contributed by atoms with Gasteiger partial charge in [-0.3, -0.25) is 9.10 Å². The van der Waals surface area contributed by atoms with Gasteiger partial charge in [0.05, 0.1) is 26.0 Å². The molecule has 29 heavy (non-hydrogen) atoms. The number of fused-ring (bicyclic) bond motifs is 1. The second kappa shape index (κ2) is 8.04. The van der Waals surface area contributed by atoms with Crippen molar-refractivity contribution < 1.29 is 22.7 Å². The monoisotopic (exact) mass is 416 g/mol. The summed E-state index contributed by atoms with van der Waals surface area (Å²) in [6.07, 6.45) is 1.58. The maximum absolute atomic E-state index is 13.6. The number of hydrogen-bond acceptors (Lipinski definition) is 5. The Morgan fingerprint density at radius 1 is 1.07 bits per heavy atom. The number of morpholine rings is 1. The third kappa shape index (κ3) is 3.70. The lowest BCUT2D eigenvalue weighted by molar-refractivity contribution is 0.0302. The molecule has 2 aromatic rings. The number of para-hydroxylation sites is 1. The first kappa shape index (κ1) is 19.7. The normalized spacial score (nSPS) is 17.0. The zero-order valence-corrected chi connectivity index (χ0v) is 17.2. The number of carbonyl (C=O) groups is 1. The SMILES string of the molecule is COc1ccc(C(=O)N2CCOCC2)cc1S(=O)(=O)N1CCCc2ccccc21. The smallest absolute Gasteiger partial charge is 0.268 e. The molecule has 1 amide bonds. The minimum Gasteiger partial charge on any atom is -0.495 e. The molecule has 2 aromatic carbocycles. The zero-order chi connectivity index (χ0) is 20.4. The number of sulfonamides is 1. The van der Waals surface area contributed by atoms with E-state index in [1.165, 1.54) is 17.5 Å². The lowest BCUT2D eigenvalue weighted by atomic mass is 10.0. The molecule has 0 aliphatic carbocycles. The van der Waals surface area contributed by atoms with Crippen molar-refractivity contribution >= 4 is 21.6 Å². The van der Waals surface area contributed by atoms with Gasteiger partial charge < -0.3 is 14.4 Å². The van der Waals surface area contributed by atoms with Gasteiger partial charge in [-0.2, -0.15) is 0 Å². The van der Waals surface area contributed by atoms with Crippen LogP contribution in [-0.2, 0) is 21.2 Å². The maximum Gasteiger partial charge on any atom is 0.268 e. The number of methoxy groups -OCH3 is 1. The average Bonchev–Trinajstić information content (AvgIpc) is 2.78. The molecule has 4 rings (SSSR count). The van der Waals surface area contributed by atoms with Crippen LogP contribution in [0, 0.1) is 0 Å². The minimum atomic E-state index is -3.89. The van der Waals surface area contributed by atoms with Gasteiger partial charge in [-0.05, 0) is 42.7 Å². The van der Waals surface area contributed by atoms with Crippen LogP contribution in [0.25, 0.3) is 0 Å². The Morgan fingerprint density at radius 3 is 2.59 bits per heavy atom. The van der Waals surface area contributed by atoms with E-state index in [0.29, 0.717) is 44.1 Å². The molecule has 2 aliphatic heterocycles. The molecule has 0 saturated carbocycles. The van der Waals surface area contributed by atoms with E-state index in [9.17, 15) is 13.2 Å². The van der Waals surface area contributed by atoms with Crippen LogP contribution in [0.5, 0.6) is 5.75 Å². The lowest BCUT2D eigenvalue weighted by Crippen LogP contribution is -2.41. The fraction of sp³-hybridized carbons (Fsp3) is 0.381. The van der Waals surface area contributed by atoms with Crippen LogP contribution in [-0.4, -0.2) is 59.2 Å². The maximum atomic E-state index is 13.6. The van der Waals surface area contributed by atoms with Crippen molar-refractivity contribution in [3.05, 3.63) is 53.6 Å². The van der Waals surface area contributed by atoms with Crippen molar-refractivity contribution in [2.24, 2.45) is 0 Å². The molecular formula is C21H24N2O5S. The number of aryl methyl sites for hydroxylation is 1. The van der Waals surface area contributed by atoms with E-state index in [0.717, 1.165) is 18.4 Å². The quantitative estimate of drug-likeness (QED) is 0.765. The molecule has 2 heterocycles. The van der Waals surface area contributed by atoms with E-state index in [1.807, 2.05) is 24.3 Å². The van der Waals surface area contributed by atoms with Gasteiger partial charge in [0, 0.05) is 25.2 Å². The second-order valence-corrected chi connectivity index (χ2v) is 8.91. The highest BCUT2D eigenvalue weighted by Crippen LogP contribution is 2.35. The summed E-state index contributed by atoms with van der Waals surface area (Å²) in [6, 6.07) is 12.1. The van der Waals surface area contributed by atoms with Crippen molar-refractivity contribution in [3.8, 4) is 5.75 Å². The minimum absolute atomic E-state index is 0.0100. The average molecular weight is 416 g/mol. The van der Waals surface area contributed by atoms with Gasteiger partial charge in [0.1, 0.15) is 10.6 Å². The van der Waals surface area contributed by atoms with Gasteiger partial charge >= 0.3 is 0 Å². The van der Waals surface area contributed by atoms with E-state index in [-0.39, 0.29) is 16.6 Å². The summed E-state index contributed by atoms with van der Waals surface area (Å²) in [5.41, 5.74) is 2.02. The molecule has 0 N–H and O–H groups in total. The summed E-state index contributed by atoms with van der Waals surface area (Å²) in [5, 5.41) is 0. The first-order chi connectivity index (χ1) is 14.0. The van der Waals surface area contributed by atoms with Crippen molar-refractivity contribution in [1.82, 2.24) is 4.90 Å². The largest absolute Gasteiger partial charge is 0.495 e. The summed E-state index contributed by atoms with van der Waals surface area (Å²) in [6.45, 7) is 2.35. The summed E-state index contributed by atoms with van der Waals surface area (Å²) in [7, 11) is -2.46. The van der Waals surface area contributed by atoms with Gasteiger partial charge in [-0.1, -0.05) is 18.2 Å². The number of ether oxygens (including phenoxy) is 2. The summed E-state index contributed by atoms with van der Waals surface area (Å²) in [4.78, 5) is 14.6. The molecule has 7 nitrogen and oxygen atoms in total. The van der Waals surface area contributed by atoms with Crippen LogP contribution in [0.3, 0.4) is 0 Å². The fourth-order valence-corrected chi connectivity index (χ4v) is 5.55. The Kier molecular flexibility index (Phi) is 5.47. The number of carbonyl (C=O) groups excluding carboxylic acids is 1. The van der Waals surface area contributed by atoms with Crippen molar-refractivity contribution in [3.63, 3.8) is 0 Å². The fourth-order valence-electron chi connectivity index (χ4n) is 3.83. The van der Waals surface area contributed by atoms with E-state index < -0.39 is 10.0 Å². The Morgan fingerprint density at radius 2 is 1.83 bits per heavy atom. The van der Waals surface area contributed by atoms with Gasteiger partial charge in [-0.25, -0.2) is 8.42 Å². The molecular weight excluding hydrogens is 392 g/mol. The third-order valence-corrected chi connectivity index (χ3v) is 7.18. The number of nitrogens with zero attached hydrogens (tertiary/aromatic N) is 2. The van der Waals surface area contributed by atoms with Crippen LogP contribution in [0.1, 0.15) is 22.3 Å². The highest BCUT2D eigenvalue weighted by atomic mass is 32.2. The topological polar surface area (TPSA) is 76.1 Å². The van der Waals surface area contributed by atoms with Crippen LogP contribution in [0.4, 0.5) is 5.69 Å². The van der Waals surface area contributed by atoms with Crippen LogP contribution < -0.4 is 9.04 Å². The highest BCUT2D eigenvalue weighted by Gasteiger charge is 2.32. The molecule has 154 valence electrons. The van der Waals surface area contributed by atoms with Crippen LogP contribution in [0.2, 0.25) is 0 Å². The molecule has 0 aromatic heterocycles. The Balaban J connectivity index is 1.74. The van der Waals surface area contributed by atoms with Crippen LogP contribution in [0.15, 0.2) is 47.4 Å². The second-order valence-electron chi connectivity index (χ2n) is 7.08. The van der Waals surface area contributed by atoms with Crippen molar-refractivity contribution in [1.29, 1.82) is 0 Å². The Labute approximate surface area is 170 Å². The highest BCUT2D eigenvalue weighted by molar-refractivity contribution is 7.93. The summed E-state index contributed by atoms with van der Waals surface area (Å²) >= 11 is 0. The van der Waals surface area contributed by atoms with Gasteiger partial charge in [0.15, 0.2) is 0 Å². The molecule has 2 aliphatic rings. The van der Waals surface area contributed by atoms with Crippen molar-refractivity contribution in [2.75, 3.05) is 44.3 Å². The third-order valence-electron chi connectivity index (χ3n) is 5.34. The molecule has 1 saturated heterocycles. The molecule has 0 atom stereocenters. The predicted molar refractivity (Wildman–Crippen MR) is 109 cm³/mol. The first-order valence-electron chi connectivity index (χ1n) is 9.68. The van der Waals surface area contributed by atoms with Gasteiger partial charge in [0.2, 0.25) is 0 Å². The number of anilines is 1. The van der Waals surface area contributed by atoms with E-state index in [4.69, 9.17) is 9.47 Å². The lowest BCUT2D eigenvalue weighted by Gasteiger charge is -2.31. The Hall–Kier alpha value is -2.58. The van der Waals surface area contributed by atoms with Gasteiger partial charge in [-0.15, -0.1) is 0 Å². The van der Waals surface area contributed by atoms with Gasteiger partial charge in [0.25, 0.3) is 15.9 Å². The molecule has 0 bridgehead atoms. The van der Waals surface area contributed by atoms with E-state index >= 15 is 0 Å². The molecule has 1 fully saturated rings. The van der Waals surface area contributed by atoms with E-state index in [2.05, 4.69) is 0 Å². The number of rotatable bonds is 4. The number of hydrogen-bond donors (Lipinski definition) is 0. The standard InChI is InChI=1S/C21H24N2O5S/c1-27-19-9-8-17(21(24)22-11-13-28-14-12-22)15-20(19)29(25,26)23-10-4-6-16-5-2-3-7-18(16)23/h2-3,5,7-9,15H,4,6,10-14H2,1H3. The number of benzene rings is 2. The zero-order valence-electron chi connectivity index (χ0n) is 16.3. The first-order valence-corrected chi connectivity index (χ1v) is 11.1. The summed E-state index contributed by atoms with van der Waals surface area (Å²) in [5.74, 6) is 0.0260. The Bertz CT molecular complexity index is 1020. The molecule has 0 unspecified atom stereocenters. The molecule has 8 heteroatoms. The van der Waals surface area contributed by atoms with Crippen LogP contribution >= 0.6 is 0 Å². The molecule has 0 spiro atoms. The predicted octanol–water partition coefficient (Wildman–Crippen LogP) is 2.31. The van der Waals surface area contributed by atoms with E-state index in [1.54, 1.807) is 17.0 Å².